The molecule has 0 bridgehead atoms. The lowest BCUT2D eigenvalue weighted by Crippen LogP contribution is -2.40. The van der Waals surface area contributed by atoms with Gasteiger partial charge >= 0.3 is 5.97 Å². The van der Waals surface area contributed by atoms with Crippen LogP contribution in [0.25, 0.3) is 6.08 Å². The van der Waals surface area contributed by atoms with Crippen molar-refractivity contribution in [2.75, 3.05) is 33.4 Å². The molecular formula is C21H22FNO6S. The van der Waals surface area contributed by atoms with Crippen LogP contribution in [0.2, 0.25) is 0 Å². The minimum Gasteiger partial charge on any atom is -0.495 e. The molecule has 160 valence electrons. The largest absolute Gasteiger partial charge is 0.495 e. The molecule has 2 aromatic carbocycles. The Morgan fingerprint density at radius 2 is 1.97 bits per heavy atom. The highest BCUT2D eigenvalue weighted by Crippen LogP contribution is 2.28. The molecular weight excluding hydrogens is 413 g/mol. The van der Waals surface area contributed by atoms with Crippen molar-refractivity contribution in [2.24, 2.45) is 0 Å². The molecule has 1 aliphatic heterocycles. The summed E-state index contributed by atoms with van der Waals surface area (Å²) in [4.78, 5) is 12.0. The van der Waals surface area contributed by atoms with Crippen molar-refractivity contribution in [1.29, 1.82) is 0 Å². The van der Waals surface area contributed by atoms with Gasteiger partial charge in [-0.25, -0.2) is 17.6 Å². The standard InChI is InChI=1S/C21H22FNO6S/c1-27-19-7-5-16(14-20(19)30(25,26)23-9-11-28-12-10-23)6-8-21(24)29-15-17-3-2-4-18(22)13-17/h2-8,13-14H,9-12,15H2,1H3/b8-6+. The van der Waals surface area contributed by atoms with E-state index in [4.69, 9.17) is 14.2 Å². The third kappa shape index (κ3) is 5.44. The summed E-state index contributed by atoms with van der Waals surface area (Å²) in [5.74, 6) is -0.827. The van der Waals surface area contributed by atoms with Gasteiger partial charge in [0.15, 0.2) is 0 Å². The Labute approximate surface area is 174 Å². The Hall–Kier alpha value is -2.75. The maximum Gasteiger partial charge on any atom is 0.331 e. The molecule has 1 fully saturated rings. The summed E-state index contributed by atoms with van der Waals surface area (Å²) in [6.07, 6.45) is 2.64. The number of carbonyl (C=O) groups is 1. The van der Waals surface area contributed by atoms with Gasteiger partial charge in [-0.3, -0.25) is 0 Å². The number of nitrogens with zero attached hydrogens (tertiary/aromatic N) is 1. The second-order valence-corrected chi connectivity index (χ2v) is 8.40. The number of methoxy groups -OCH3 is 1. The van der Waals surface area contributed by atoms with Crippen LogP contribution in [-0.2, 0) is 30.9 Å². The van der Waals surface area contributed by atoms with Crippen molar-refractivity contribution in [3.63, 3.8) is 0 Å². The minimum absolute atomic E-state index is 0.0159. The highest BCUT2D eigenvalue weighted by molar-refractivity contribution is 7.89. The highest BCUT2D eigenvalue weighted by atomic mass is 32.2. The lowest BCUT2D eigenvalue weighted by Gasteiger charge is -2.26. The van der Waals surface area contributed by atoms with E-state index in [1.165, 1.54) is 53.9 Å². The molecule has 1 aliphatic rings. The number of rotatable bonds is 7. The van der Waals surface area contributed by atoms with E-state index in [-0.39, 0.29) is 30.3 Å². The first-order chi connectivity index (χ1) is 14.4. The first-order valence-corrected chi connectivity index (χ1v) is 10.7. The molecule has 1 heterocycles. The van der Waals surface area contributed by atoms with Crippen molar-refractivity contribution < 1.29 is 31.8 Å². The molecule has 0 amide bonds. The zero-order valence-corrected chi connectivity index (χ0v) is 17.2. The predicted molar refractivity (Wildman–Crippen MR) is 108 cm³/mol. The van der Waals surface area contributed by atoms with Crippen molar-refractivity contribution in [3.8, 4) is 5.75 Å². The smallest absolute Gasteiger partial charge is 0.331 e. The molecule has 7 nitrogen and oxygen atoms in total. The quantitative estimate of drug-likeness (QED) is 0.491. The average Bonchev–Trinajstić information content (AvgIpc) is 2.76. The lowest BCUT2D eigenvalue weighted by molar-refractivity contribution is -0.138. The second kappa shape index (κ2) is 9.84. The normalized spacial score (nSPS) is 15.3. The number of morpholine rings is 1. The first kappa shape index (κ1) is 21.9. The summed E-state index contributed by atoms with van der Waals surface area (Å²) in [5.41, 5.74) is 1.02. The van der Waals surface area contributed by atoms with Crippen LogP contribution in [0, 0.1) is 5.82 Å². The van der Waals surface area contributed by atoms with Gasteiger partial charge in [0.05, 0.1) is 20.3 Å². The number of hydrogen-bond donors (Lipinski definition) is 0. The molecule has 0 radical (unpaired) electrons. The van der Waals surface area contributed by atoms with E-state index in [2.05, 4.69) is 0 Å². The van der Waals surface area contributed by atoms with E-state index >= 15 is 0 Å². The van der Waals surface area contributed by atoms with Gasteiger partial charge in [-0.1, -0.05) is 18.2 Å². The van der Waals surface area contributed by atoms with Gasteiger partial charge in [-0.05, 0) is 41.5 Å². The number of carbonyl (C=O) groups excluding carboxylic acids is 1. The fourth-order valence-corrected chi connectivity index (χ4v) is 4.52. The molecule has 0 unspecified atom stereocenters. The summed E-state index contributed by atoms with van der Waals surface area (Å²) in [5, 5.41) is 0. The fraction of sp³-hybridized carbons (Fsp3) is 0.286. The van der Waals surface area contributed by atoms with Crippen molar-refractivity contribution in [3.05, 3.63) is 65.5 Å². The van der Waals surface area contributed by atoms with Crippen molar-refractivity contribution >= 4 is 22.1 Å². The van der Waals surface area contributed by atoms with Crippen LogP contribution in [0.15, 0.2) is 53.4 Å². The number of hydrogen-bond acceptors (Lipinski definition) is 6. The van der Waals surface area contributed by atoms with Gasteiger partial charge in [-0.15, -0.1) is 0 Å². The molecule has 0 N–H and O–H groups in total. The van der Waals surface area contributed by atoms with Crippen LogP contribution in [0.3, 0.4) is 0 Å². The van der Waals surface area contributed by atoms with Gasteiger partial charge in [0, 0.05) is 19.2 Å². The SMILES string of the molecule is COc1ccc(/C=C/C(=O)OCc2cccc(F)c2)cc1S(=O)(=O)N1CCOCC1. The first-order valence-electron chi connectivity index (χ1n) is 9.25. The molecule has 0 spiro atoms. The summed E-state index contributed by atoms with van der Waals surface area (Å²) in [7, 11) is -2.38. The number of benzene rings is 2. The Morgan fingerprint density at radius 3 is 2.67 bits per heavy atom. The lowest BCUT2D eigenvalue weighted by atomic mass is 10.2. The Balaban J connectivity index is 1.73. The molecule has 30 heavy (non-hydrogen) atoms. The number of sulfonamides is 1. The molecule has 0 aliphatic carbocycles. The van der Waals surface area contributed by atoms with E-state index in [1.807, 2.05) is 0 Å². The molecule has 9 heteroatoms. The minimum atomic E-state index is -3.77. The molecule has 1 saturated heterocycles. The zero-order valence-electron chi connectivity index (χ0n) is 16.4. The third-order valence-corrected chi connectivity index (χ3v) is 6.38. The summed E-state index contributed by atoms with van der Waals surface area (Å²) >= 11 is 0. The summed E-state index contributed by atoms with van der Waals surface area (Å²) in [6.45, 7) is 1.12. The fourth-order valence-electron chi connectivity index (χ4n) is 2.92. The molecule has 0 saturated carbocycles. The Kier molecular flexibility index (Phi) is 7.20. The third-order valence-electron chi connectivity index (χ3n) is 4.46. The van der Waals surface area contributed by atoms with Crippen LogP contribution in [0.4, 0.5) is 4.39 Å². The molecule has 0 atom stereocenters. The van der Waals surface area contributed by atoms with E-state index in [0.717, 1.165) is 0 Å². The molecule has 2 aromatic rings. The van der Waals surface area contributed by atoms with Crippen LogP contribution in [0.1, 0.15) is 11.1 Å². The van der Waals surface area contributed by atoms with Crippen molar-refractivity contribution in [2.45, 2.75) is 11.5 Å². The average molecular weight is 435 g/mol. The Bertz CT molecular complexity index is 1030. The predicted octanol–water partition coefficient (Wildman–Crippen LogP) is 2.61. The number of halogens is 1. The second-order valence-electron chi connectivity index (χ2n) is 6.50. The summed E-state index contributed by atoms with van der Waals surface area (Å²) in [6, 6.07) is 10.4. The van der Waals surface area contributed by atoms with Gasteiger partial charge < -0.3 is 14.2 Å². The van der Waals surface area contributed by atoms with Gasteiger partial charge in [-0.2, -0.15) is 4.31 Å². The van der Waals surface area contributed by atoms with E-state index in [9.17, 15) is 17.6 Å². The van der Waals surface area contributed by atoms with Crippen LogP contribution in [0.5, 0.6) is 5.75 Å². The zero-order chi connectivity index (χ0) is 21.6. The monoisotopic (exact) mass is 435 g/mol. The molecule has 3 rings (SSSR count). The van der Waals surface area contributed by atoms with Gasteiger partial charge in [0.2, 0.25) is 10.0 Å². The maximum atomic E-state index is 13.2. The Morgan fingerprint density at radius 1 is 1.20 bits per heavy atom. The van der Waals surface area contributed by atoms with Crippen LogP contribution in [-0.4, -0.2) is 52.1 Å². The number of ether oxygens (including phenoxy) is 3. The van der Waals surface area contributed by atoms with Gasteiger partial charge in [0.1, 0.15) is 23.1 Å². The summed E-state index contributed by atoms with van der Waals surface area (Å²) < 4.78 is 56.0. The maximum absolute atomic E-state index is 13.2. The van der Waals surface area contributed by atoms with E-state index in [0.29, 0.717) is 24.3 Å². The molecule has 0 aromatic heterocycles. The highest BCUT2D eigenvalue weighted by Gasteiger charge is 2.29. The number of esters is 1. The van der Waals surface area contributed by atoms with E-state index < -0.39 is 21.8 Å². The van der Waals surface area contributed by atoms with Gasteiger partial charge in [0.25, 0.3) is 0 Å². The van der Waals surface area contributed by atoms with Crippen molar-refractivity contribution in [1.82, 2.24) is 4.31 Å². The topological polar surface area (TPSA) is 82.1 Å². The van der Waals surface area contributed by atoms with Crippen LogP contribution < -0.4 is 4.74 Å². The van der Waals surface area contributed by atoms with E-state index in [1.54, 1.807) is 12.1 Å². The van der Waals surface area contributed by atoms with Crippen LogP contribution >= 0.6 is 0 Å².